The Morgan fingerprint density at radius 3 is 2.81 bits per heavy atom. The highest BCUT2D eigenvalue weighted by atomic mass is 35.5. The van der Waals surface area contributed by atoms with Crippen LogP contribution in [0.4, 0.5) is 0 Å². The average molecular weight is 262 g/mol. The van der Waals surface area contributed by atoms with Gasteiger partial charge in [0.1, 0.15) is 5.75 Å². The van der Waals surface area contributed by atoms with E-state index in [0.29, 0.717) is 18.5 Å². The molecule has 0 saturated heterocycles. The topological polar surface area (TPSA) is 49.3 Å². The molecule has 1 aromatic carbocycles. The van der Waals surface area contributed by atoms with Crippen molar-refractivity contribution in [3.63, 3.8) is 0 Å². The third-order valence-electron chi connectivity index (χ3n) is 2.04. The predicted octanol–water partition coefficient (Wildman–Crippen LogP) is 2.79. The number of hydrogen-bond acceptors (Lipinski definition) is 2. The smallest absolute Gasteiger partial charge is 0.251 e. The van der Waals surface area contributed by atoms with Gasteiger partial charge in [-0.2, -0.15) is 0 Å². The first kappa shape index (κ1) is 13.1. The molecular formula is C11H13Cl2NO2. The Morgan fingerprint density at radius 1 is 1.56 bits per heavy atom. The van der Waals surface area contributed by atoms with Crippen LogP contribution >= 0.6 is 23.2 Å². The first-order chi connectivity index (χ1) is 7.50. The fourth-order valence-corrected chi connectivity index (χ4v) is 1.42. The Balaban J connectivity index is 2.56. The lowest BCUT2D eigenvalue weighted by Gasteiger charge is -2.06. The molecular weight excluding hydrogens is 249 g/mol. The lowest BCUT2D eigenvalue weighted by atomic mass is 10.2. The second-order valence-corrected chi connectivity index (χ2v) is 4.64. The molecule has 88 valence electrons. The quantitative estimate of drug-likeness (QED) is 0.820. The fraction of sp³-hybridized carbons (Fsp3) is 0.364. The minimum Gasteiger partial charge on any atom is -0.506 e. The maximum atomic E-state index is 11.6. The summed E-state index contributed by atoms with van der Waals surface area (Å²) in [6, 6.07) is 4.33. The number of hydrogen-bond donors (Lipinski definition) is 2. The first-order valence-electron chi connectivity index (χ1n) is 4.91. The zero-order chi connectivity index (χ0) is 12.1. The largest absolute Gasteiger partial charge is 0.506 e. The minimum atomic E-state index is -0.223. The Bertz CT molecular complexity index is 380. The van der Waals surface area contributed by atoms with Crippen molar-refractivity contribution in [2.75, 3.05) is 6.54 Å². The van der Waals surface area contributed by atoms with E-state index in [1.54, 1.807) is 0 Å². The molecule has 0 aromatic heterocycles. The third-order valence-corrected chi connectivity index (χ3v) is 2.56. The van der Waals surface area contributed by atoms with Gasteiger partial charge in [0.05, 0.1) is 5.02 Å². The van der Waals surface area contributed by atoms with E-state index in [4.69, 9.17) is 23.2 Å². The Labute approximate surface area is 104 Å². The molecule has 0 spiro atoms. The molecule has 0 radical (unpaired) electrons. The van der Waals surface area contributed by atoms with Crippen molar-refractivity contribution in [3.8, 4) is 5.75 Å². The van der Waals surface area contributed by atoms with Gasteiger partial charge in [-0.25, -0.2) is 0 Å². The van der Waals surface area contributed by atoms with Crippen molar-refractivity contribution in [1.82, 2.24) is 5.32 Å². The fourth-order valence-electron chi connectivity index (χ4n) is 1.13. The molecule has 0 aliphatic rings. The second-order valence-electron chi connectivity index (χ2n) is 3.49. The van der Waals surface area contributed by atoms with Gasteiger partial charge < -0.3 is 10.4 Å². The summed E-state index contributed by atoms with van der Waals surface area (Å²) in [4.78, 5) is 11.6. The molecule has 0 saturated carbocycles. The lowest BCUT2D eigenvalue weighted by molar-refractivity contribution is 0.0953. The zero-order valence-electron chi connectivity index (χ0n) is 8.84. The summed E-state index contributed by atoms with van der Waals surface area (Å²) in [6.45, 7) is 2.38. The Hall–Kier alpha value is -0.930. The van der Waals surface area contributed by atoms with Gasteiger partial charge >= 0.3 is 0 Å². The van der Waals surface area contributed by atoms with E-state index in [0.717, 1.165) is 0 Å². The van der Waals surface area contributed by atoms with Crippen LogP contribution in [0.2, 0.25) is 5.02 Å². The van der Waals surface area contributed by atoms with Gasteiger partial charge in [0, 0.05) is 17.5 Å². The standard InChI is InChI=1S/C11H13Cl2NO2/c1-7(12)4-5-14-11(16)8-2-3-10(15)9(13)6-8/h2-3,6-7,15H,4-5H2,1H3,(H,14,16). The molecule has 3 nitrogen and oxygen atoms in total. The highest BCUT2D eigenvalue weighted by Crippen LogP contribution is 2.23. The number of aromatic hydroxyl groups is 1. The van der Waals surface area contributed by atoms with Gasteiger partial charge in [-0.3, -0.25) is 4.79 Å². The minimum absolute atomic E-state index is 0.0312. The van der Waals surface area contributed by atoms with E-state index < -0.39 is 0 Å². The maximum Gasteiger partial charge on any atom is 0.251 e. The number of carbonyl (C=O) groups excluding carboxylic acids is 1. The summed E-state index contributed by atoms with van der Waals surface area (Å²) in [7, 11) is 0. The number of nitrogens with one attached hydrogen (secondary N) is 1. The molecule has 1 unspecified atom stereocenters. The van der Waals surface area contributed by atoms with Crippen LogP contribution in [0, 0.1) is 0 Å². The highest BCUT2D eigenvalue weighted by Gasteiger charge is 2.08. The molecule has 5 heteroatoms. The van der Waals surface area contributed by atoms with Crippen molar-refractivity contribution < 1.29 is 9.90 Å². The number of rotatable bonds is 4. The predicted molar refractivity (Wildman–Crippen MR) is 65.4 cm³/mol. The second kappa shape index (κ2) is 5.97. The molecule has 0 aliphatic carbocycles. The number of phenols is 1. The summed E-state index contributed by atoms with van der Waals surface area (Å²) in [5.74, 6) is -0.258. The molecule has 16 heavy (non-hydrogen) atoms. The van der Waals surface area contributed by atoms with Gasteiger partial charge in [0.15, 0.2) is 0 Å². The summed E-state index contributed by atoms with van der Waals surface area (Å²) in [5, 5.41) is 12.1. The average Bonchev–Trinajstić information content (AvgIpc) is 2.21. The number of carbonyl (C=O) groups is 1. The zero-order valence-corrected chi connectivity index (χ0v) is 10.3. The van der Waals surface area contributed by atoms with Gasteiger partial charge in [0.2, 0.25) is 0 Å². The molecule has 0 aliphatic heterocycles. The van der Waals surface area contributed by atoms with E-state index in [1.165, 1.54) is 18.2 Å². The summed E-state index contributed by atoms with van der Waals surface area (Å²) in [5.41, 5.74) is 0.421. The van der Waals surface area contributed by atoms with Crippen LogP contribution in [0.25, 0.3) is 0 Å². The molecule has 2 N–H and O–H groups in total. The maximum absolute atomic E-state index is 11.6. The van der Waals surface area contributed by atoms with Crippen molar-refractivity contribution in [2.24, 2.45) is 0 Å². The van der Waals surface area contributed by atoms with E-state index >= 15 is 0 Å². The van der Waals surface area contributed by atoms with E-state index in [-0.39, 0.29) is 22.1 Å². The van der Waals surface area contributed by atoms with Crippen LogP contribution in [0.3, 0.4) is 0 Å². The number of amides is 1. The van der Waals surface area contributed by atoms with Crippen LogP contribution in [-0.4, -0.2) is 22.9 Å². The number of benzene rings is 1. The highest BCUT2D eigenvalue weighted by molar-refractivity contribution is 6.32. The van der Waals surface area contributed by atoms with E-state index in [9.17, 15) is 9.90 Å². The van der Waals surface area contributed by atoms with Gasteiger partial charge in [0.25, 0.3) is 5.91 Å². The molecule has 0 bridgehead atoms. The lowest BCUT2D eigenvalue weighted by Crippen LogP contribution is -2.25. The summed E-state index contributed by atoms with van der Waals surface area (Å²) >= 11 is 11.4. The van der Waals surface area contributed by atoms with E-state index in [2.05, 4.69) is 5.32 Å². The summed E-state index contributed by atoms with van der Waals surface area (Å²) < 4.78 is 0. The SMILES string of the molecule is CC(Cl)CCNC(=O)c1ccc(O)c(Cl)c1. The Kier molecular flexibility index (Phi) is 4.90. The van der Waals surface area contributed by atoms with Crippen LogP contribution in [0.15, 0.2) is 18.2 Å². The van der Waals surface area contributed by atoms with Crippen molar-refractivity contribution in [1.29, 1.82) is 0 Å². The Morgan fingerprint density at radius 2 is 2.25 bits per heavy atom. The first-order valence-corrected chi connectivity index (χ1v) is 5.73. The van der Waals surface area contributed by atoms with Crippen LogP contribution in [-0.2, 0) is 0 Å². The molecule has 0 fully saturated rings. The van der Waals surface area contributed by atoms with Crippen molar-refractivity contribution >= 4 is 29.1 Å². The molecule has 1 aromatic rings. The summed E-state index contributed by atoms with van der Waals surface area (Å²) in [6.07, 6.45) is 0.707. The monoisotopic (exact) mass is 261 g/mol. The molecule has 0 heterocycles. The van der Waals surface area contributed by atoms with Crippen LogP contribution in [0.5, 0.6) is 5.75 Å². The van der Waals surface area contributed by atoms with Crippen molar-refractivity contribution in [3.05, 3.63) is 28.8 Å². The molecule has 1 atom stereocenters. The van der Waals surface area contributed by atoms with E-state index in [1.807, 2.05) is 6.92 Å². The van der Waals surface area contributed by atoms with Crippen LogP contribution < -0.4 is 5.32 Å². The third kappa shape index (κ3) is 3.91. The van der Waals surface area contributed by atoms with Crippen molar-refractivity contribution in [2.45, 2.75) is 18.7 Å². The molecule has 1 amide bonds. The van der Waals surface area contributed by atoms with Gasteiger partial charge in [-0.05, 0) is 31.5 Å². The molecule has 1 rings (SSSR count). The number of phenolic OH excluding ortho intramolecular Hbond substituents is 1. The normalized spacial score (nSPS) is 12.2. The van der Waals surface area contributed by atoms with Crippen LogP contribution in [0.1, 0.15) is 23.7 Å². The van der Waals surface area contributed by atoms with Gasteiger partial charge in [-0.15, -0.1) is 11.6 Å². The number of halogens is 2. The number of alkyl halides is 1. The van der Waals surface area contributed by atoms with Gasteiger partial charge in [-0.1, -0.05) is 11.6 Å².